The maximum absolute atomic E-state index is 12.1. The molecule has 0 saturated heterocycles. The van der Waals surface area contributed by atoms with Crippen molar-refractivity contribution >= 4 is 11.8 Å². The molecule has 118 valence electrons. The van der Waals surface area contributed by atoms with Gasteiger partial charge in [0.1, 0.15) is 5.60 Å². The fourth-order valence-corrected chi connectivity index (χ4v) is 2.31. The maximum atomic E-state index is 12.1. The largest absolute Gasteiger partial charge is 0.444 e. The number of nitrogens with zero attached hydrogens (tertiary/aromatic N) is 1. The SMILES string of the molecule is Cc1ccccc1-c1c(C#N)cccc1NC(=O)OC(C)(C)C. The van der Waals surface area contributed by atoms with Gasteiger partial charge in [-0.2, -0.15) is 5.26 Å². The van der Waals surface area contributed by atoms with E-state index in [1.165, 1.54) is 0 Å². The van der Waals surface area contributed by atoms with Gasteiger partial charge in [0.2, 0.25) is 0 Å². The predicted octanol–water partition coefficient (Wildman–Crippen LogP) is 4.88. The molecule has 0 spiro atoms. The molecule has 0 bridgehead atoms. The molecule has 4 nitrogen and oxygen atoms in total. The molecule has 0 atom stereocenters. The summed E-state index contributed by atoms with van der Waals surface area (Å²) in [5, 5.41) is 12.2. The molecule has 0 aliphatic rings. The van der Waals surface area contributed by atoms with Gasteiger partial charge < -0.3 is 4.74 Å². The molecule has 2 rings (SSSR count). The lowest BCUT2D eigenvalue weighted by Gasteiger charge is -2.21. The Balaban J connectivity index is 2.48. The van der Waals surface area contributed by atoms with Crippen molar-refractivity contribution in [2.24, 2.45) is 0 Å². The lowest BCUT2D eigenvalue weighted by molar-refractivity contribution is 0.0636. The maximum Gasteiger partial charge on any atom is 0.412 e. The van der Waals surface area contributed by atoms with E-state index < -0.39 is 11.7 Å². The summed E-state index contributed by atoms with van der Waals surface area (Å²) < 4.78 is 5.30. The molecule has 1 amide bonds. The second kappa shape index (κ2) is 6.53. The molecule has 23 heavy (non-hydrogen) atoms. The van der Waals surface area contributed by atoms with Crippen molar-refractivity contribution in [2.75, 3.05) is 5.32 Å². The van der Waals surface area contributed by atoms with Crippen LogP contribution in [-0.4, -0.2) is 11.7 Å². The van der Waals surface area contributed by atoms with Crippen LogP contribution in [0.3, 0.4) is 0 Å². The van der Waals surface area contributed by atoms with Gasteiger partial charge in [0.15, 0.2) is 0 Å². The second-order valence-corrected chi connectivity index (χ2v) is 6.28. The van der Waals surface area contributed by atoms with Crippen LogP contribution in [0.5, 0.6) is 0 Å². The fraction of sp³-hybridized carbons (Fsp3) is 0.263. The number of carbonyl (C=O) groups is 1. The minimum Gasteiger partial charge on any atom is -0.444 e. The Labute approximate surface area is 136 Å². The van der Waals surface area contributed by atoms with Crippen molar-refractivity contribution in [3.05, 3.63) is 53.6 Å². The minimum atomic E-state index is -0.584. The molecule has 2 aromatic rings. The summed E-state index contributed by atoms with van der Waals surface area (Å²) in [6.07, 6.45) is -0.539. The first-order valence-electron chi connectivity index (χ1n) is 7.41. The first-order valence-corrected chi connectivity index (χ1v) is 7.41. The summed E-state index contributed by atoms with van der Waals surface area (Å²) >= 11 is 0. The third-order valence-electron chi connectivity index (χ3n) is 3.23. The van der Waals surface area contributed by atoms with E-state index >= 15 is 0 Å². The average Bonchev–Trinajstić information content (AvgIpc) is 2.46. The van der Waals surface area contributed by atoms with Crippen molar-refractivity contribution in [2.45, 2.75) is 33.3 Å². The normalized spacial score (nSPS) is 10.7. The van der Waals surface area contributed by atoms with E-state index in [1.807, 2.05) is 31.2 Å². The fourth-order valence-electron chi connectivity index (χ4n) is 2.31. The number of carbonyl (C=O) groups excluding carboxylic acids is 1. The van der Waals surface area contributed by atoms with Crippen LogP contribution < -0.4 is 5.32 Å². The Morgan fingerprint density at radius 2 is 1.83 bits per heavy atom. The van der Waals surface area contributed by atoms with E-state index in [4.69, 9.17) is 4.74 Å². The van der Waals surface area contributed by atoms with Crippen LogP contribution in [0.2, 0.25) is 0 Å². The summed E-state index contributed by atoms with van der Waals surface area (Å²) in [4.78, 5) is 12.1. The van der Waals surface area contributed by atoms with Gasteiger partial charge in [-0.15, -0.1) is 0 Å². The van der Waals surface area contributed by atoms with Crippen LogP contribution in [0.1, 0.15) is 31.9 Å². The number of hydrogen-bond donors (Lipinski definition) is 1. The number of aryl methyl sites for hydroxylation is 1. The third-order valence-corrected chi connectivity index (χ3v) is 3.23. The lowest BCUT2D eigenvalue weighted by atomic mass is 9.95. The molecule has 0 unspecified atom stereocenters. The Bertz CT molecular complexity index is 768. The van der Waals surface area contributed by atoms with Gasteiger partial charge in [-0.3, -0.25) is 5.32 Å². The highest BCUT2D eigenvalue weighted by Crippen LogP contribution is 2.33. The number of nitrogens with one attached hydrogen (secondary N) is 1. The van der Waals surface area contributed by atoms with Gasteiger partial charge in [0.25, 0.3) is 0 Å². The molecular weight excluding hydrogens is 288 g/mol. The zero-order chi connectivity index (χ0) is 17.0. The molecule has 0 aromatic heterocycles. The summed E-state index contributed by atoms with van der Waals surface area (Å²) in [7, 11) is 0. The first kappa shape index (κ1) is 16.6. The highest BCUT2D eigenvalue weighted by atomic mass is 16.6. The monoisotopic (exact) mass is 308 g/mol. The lowest BCUT2D eigenvalue weighted by Crippen LogP contribution is -2.27. The summed E-state index contributed by atoms with van der Waals surface area (Å²) in [5.74, 6) is 0. The summed E-state index contributed by atoms with van der Waals surface area (Å²) in [5.41, 5.74) is 3.14. The first-order chi connectivity index (χ1) is 10.8. The highest BCUT2D eigenvalue weighted by Gasteiger charge is 2.19. The number of benzene rings is 2. The number of rotatable bonds is 2. The van der Waals surface area contributed by atoms with E-state index in [-0.39, 0.29) is 0 Å². The van der Waals surface area contributed by atoms with Gasteiger partial charge in [-0.05, 0) is 51.0 Å². The smallest absolute Gasteiger partial charge is 0.412 e. The van der Waals surface area contributed by atoms with Gasteiger partial charge in [0.05, 0.1) is 17.3 Å². The standard InChI is InChI=1S/C19H20N2O2/c1-13-8-5-6-10-15(13)17-14(12-20)9-7-11-16(17)21-18(22)23-19(2,3)4/h5-11H,1-4H3,(H,21,22). The molecule has 0 aliphatic carbocycles. The number of nitriles is 1. The third kappa shape index (κ3) is 4.10. The zero-order valence-corrected chi connectivity index (χ0v) is 13.8. The van der Waals surface area contributed by atoms with Crippen molar-refractivity contribution in [3.8, 4) is 17.2 Å². The van der Waals surface area contributed by atoms with Crippen LogP contribution in [0.15, 0.2) is 42.5 Å². The summed E-state index contributed by atoms with van der Waals surface area (Å²) in [6, 6.07) is 15.2. The van der Waals surface area contributed by atoms with E-state index in [0.717, 1.165) is 11.1 Å². The molecule has 0 aliphatic heterocycles. The van der Waals surface area contributed by atoms with E-state index in [1.54, 1.807) is 39.0 Å². The number of hydrogen-bond acceptors (Lipinski definition) is 3. The number of ether oxygens (including phenoxy) is 1. The van der Waals surface area contributed by atoms with Gasteiger partial charge in [-0.25, -0.2) is 4.79 Å². The number of amides is 1. The Morgan fingerprint density at radius 1 is 1.13 bits per heavy atom. The van der Waals surface area contributed by atoms with Crippen LogP contribution in [0.25, 0.3) is 11.1 Å². The molecule has 4 heteroatoms. The van der Waals surface area contributed by atoms with E-state index in [9.17, 15) is 10.1 Å². The average molecular weight is 308 g/mol. The van der Waals surface area contributed by atoms with Crippen LogP contribution in [0.4, 0.5) is 10.5 Å². The number of anilines is 1. The Kier molecular flexibility index (Phi) is 4.71. The molecule has 1 N–H and O–H groups in total. The zero-order valence-electron chi connectivity index (χ0n) is 13.8. The van der Waals surface area contributed by atoms with E-state index in [2.05, 4.69) is 11.4 Å². The minimum absolute atomic E-state index is 0.507. The van der Waals surface area contributed by atoms with E-state index in [0.29, 0.717) is 16.8 Å². The van der Waals surface area contributed by atoms with Gasteiger partial charge in [-0.1, -0.05) is 30.3 Å². The quantitative estimate of drug-likeness (QED) is 0.860. The van der Waals surface area contributed by atoms with Crippen molar-refractivity contribution < 1.29 is 9.53 Å². The Morgan fingerprint density at radius 3 is 2.43 bits per heavy atom. The van der Waals surface area contributed by atoms with Gasteiger partial charge >= 0.3 is 6.09 Å². The van der Waals surface area contributed by atoms with Crippen LogP contribution in [0, 0.1) is 18.3 Å². The molecule has 0 fully saturated rings. The second-order valence-electron chi connectivity index (χ2n) is 6.28. The molecule has 0 radical (unpaired) electrons. The van der Waals surface area contributed by atoms with Crippen molar-refractivity contribution in [3.63, 3.8) is 0 Å². The Hall–Kier alpha value is -2.80. The van der Waals surface area contributed by atoms with Crippen molar-refractivity contribution in [1.29, 1.82) is 5.26 Å². The molecule has 0 heterocycles. The van der Waals surface area contributed by atoms with Crippen LogP contribution in [-0.2, 0) is 4.74 Å². The van der Waals surface area contributed by atoms with Crippen molar-refractivity contribution in [1.82, 2.24) is 0 Å². The molecule has 2 aromatic carbocycles. The predicted molar refractivity (Wildman–Crippen MR) is 91.2 cm³/mol. The highest BCUT2D eigenvalue weighted by molar-refractivity contribution is 5.94. The van der Waals surface area contributed by atoms with Gasteiger partial charge in [0, 0.05) is 5.56 Å². The topological polar surface area (TPSA) is 62.1 Å². The summed E-state index contributed by atoms with van der Waals surface area (Å²) in [6.45, 7) is 7.39. The molecule has 0 saturated carbocycles. The van der Waals surface area contributed by atoms with Crippen LogP contribution >= 0.6 is 0 Å². The molecular formula is C19H20N2O2.